The van der Waals surface area contributed by atoms with Crippen LogP contribution in [0.3, 0.4) is 0 Å². The van der Waals surface area contributed by atoms with Crippen molar-refractivity contribution in [1.82, 2.24) is 14.8 Å². The van der Waals surface area contributed by atoms with Crippen LogP contribution in [0.15, 0.2) is 70.4 Å². The van der Waals surface area contributed by atoms with E-state index in [0.717, 1.165) is 33.9 Å². The lowest BCUT2D eigenvalue weighted by Gasteiger charge is -2.10. The lowest BCUT2D eigenvalue weighted by atomic mass is 10.1. The molecule has 0 fully saturated rings. The quantitative estimate of drug-likeness (QED) is 0.384. The van der Waals surface area contributed by atoms with E-state index in [1.54, 1.807) is 13.4 Å². The van der Waals surface area contributed by atoms with E-state index in [0.29, 0.717) is 17.5 Å². The highest BCUT2D eigenvalue weighted by Crippen LogP contribution is 2.27. The Balaban J connectivity index is 1.53. The van der Waals surface area contributed by atoms with Crippen LogP contribution in [-0.2, 0) is 11.3 Å². The van der Waals surface area contributed by atoms with Crippen LogP contribution < -0.4 is 10.1 Å². The van der Waals surface area contributed by atoms with Gasteiger partial charge >= 0.3 is 0 Å². The van der Waals surface area contributed by atoms with Gasteiger partial charge in [0.25, 0.3) is 0 Å². The van der Waals surface area contributed by atoms with E-state index >= 15 is 0 Å². The Kier molecular flexibility index (Phi) is 6.61. The van der Waals surface area contributed by atoms with Gasteiger partial charge in [0.05, 0.1) is 25.7 Å². The molecule has 4 aromatic rings. The number of nitrogens with zero attached hydrogens (tertiary/aromatic N) is 3. The number of hydrogen-bond donors (Lipinski definition) is 1. The van der Waals surface area contributed by atoms with Crippen LogP contribution in [0, 0.1) is 13.8 Å². The van der Waals surface area contributed by atoms with Crippen LogP contribution in [0.4, 0.5) is 5.69 Å². The third-order valence-electron chi connectivity index (χ3n) is 4.80. The predicted molar refractivity (Wildman–Crippen MR) is 125 cm³/mol. The van der Waals surface area contributed by atoms with Crippen molar-refractivity contribution in [2.75, 3.05) is 18.2 Å². The first-order chi connectivity index (χ1) is 15.5. The van der Waals surface area contributed by atoms with E-state index in [1.165, 1.54) is 11.8 Å². The zero-order valence-corrected chi connectivity index (χ0v) is 19.0. The molecule has 0 aliphatic carbocycles. The molecule has 0 bridgehead atoms. The van der Waals surface area contributed by atoms with Crippen molar-refractivity contribution in [3.8, 4) is 17.1 Å². The second-order valence-corrected chi connectivity index (χ2v) is 8.36. The third kappa shape index (κ3) is 5.20. The van der Waals surface area contributed by atoms with E-state index in [9.17, 15) is 4.79 Å². The summed E-state index contributed by atoms with van der Waals surface area (Å²) in [4.78, 5) is 12.6. The fraction of sp³-hybridized carbons (Fsp3) is 0.208. The molecule has 0 aliphatic rings. The summed E-state index contributed by atoms with van der Waals surface area (Å²) < 4.78 is 12.7. The summed E-state index contributed by atoms with van der Waals surface area (Å²) in [6.07, 6.45) is 1.64. The molecule has 0 spiro atoms. The van der Waals surface area contributed by atoms with Crippen molar-refractivity contribution >= 4 is 23.4 Å². The molecule has 2 aromatic carbocycles. The molecule has 2 aromatic heterocycles. The number of ether oxygens (including phenoxy) is 1. The Bertz CT molecular complexity index is 1180. The van der Waals surface area contributed by atoms with Crippen molar-refractivity contribution in [3.63, 3.8) is 0 Å². The highest BCUT2D eigenvalue weighted by Gasteiger charge is 2.17. The molecule has 1 N–H and O–H groups in total. The minimum absolute atomic E-state index is 0.0986. The Morgan fingerprint density at radius 3 is 2.50 bits per heavy atom. The topological polar surface area (TPSA) is 82.2 Å². The van der Waals surface area contributed by atoms with E-state index in [-0.39, 0.29) is 11.7 Å². The van der Waals surface area contributed by atoms with Crippen LogP contribution in [-0.4, -0.2) is 33.5 Å². The summed E-state index contributed by atoms with van der Waals surface area (Å²) >= 11 is 1.34. The van der Waals surface area contributed by atoms with Crippen LogP contribution in [0.1, 0.15) is 16.9 Å². The summed E-state index contributed by atoms with van der Waals surface area (Å²) in [5, 5.41) is 12.3. The molecule has 0 atom stereocenters. The molecule has 0 saturated carbocycles. The van der Waals surface area contributed by atoms with Gasteiger partial charge in [0.1, 0.15) is 11.5 Å². The van der Waals surface area contributed by atoms with E-state index < -0.39 is 0 Å². The van der Waals surface area contributed by atoms with Crippen molar-refractivity contribution in [3.05, 3.63) is 77.7 Å². The minimum Gasteiger partial charge on any atom is -0.497 e. The highest BCUT2D eigenvalue weighted by molar-refractivity contribution is 7.99. The number of hydrogen-bond acceptors (Lipinski definition) is 6. The number of carbonyl (C=O) groups is 1. The number of thioether (sulfide) groups is 1. The first-order valence-corrected chi connectivity index (χ1v) is 11.1. The van der Waals surface area contributed by atoms with Gasteiger partial charge < -0.3 is 14.5 Å². The van der Waals surface area contributed by atoms with Gasteiger partial charge in [-0.1, -0.05) is 17.8 Å². The number of carbonyl (C=O) groups excluding carboxylic acids is 1. The largest absolute Gasteiger partial charge is 0.497 e. The highest BCUT2D eigenvalue weighted by atomic mass is 32.2. The molecule has 4 rings (SSSR count). The van der Waals surface area contributed by atoms with Crippen LogP contribution in [0.2, 0.25) is 0 Å². The molecule has 8 heteroatoms. The lowest BCUT2D eigenvalue weighted by Crippen LogP contribution is -2.15. The number of anilines is 1. The summed E-state index contributed by atoms with van der Waals surface area (Å²) in [6, 6.07) is 17.4. The Labute approximate surface area is 190 Å². The first kappa shape index (κ1) is 21.7. The molecule has 0 saturated heterocycles. The van der Waals surface area contributed by atoms with Crippen molar-refractivity contribution in [2.24, 2.45) is 0 Å². The van der Waals surface area contributed by atoms with Gasteiger partial charge in [0, 0.05) is 11.3 Å². The number of amides is 1. The predicted octanol–water partition coefficient (Wildman–Crippen LogP) is 4.94. The smallest absolute Gasteiger partial charge is 0.234 e. The zero-order chi connectivity index (χ0) is 22.5. The maximum Gasteiger partial charge on any atom is 0.234 e. The number of furan rings is 1. The Morgan fingerprint density at radius 2 is 1.84 bits per heavy atom. The maximum atomic E-state index is 12.6. The number of methoxy groups -OCH3 is 1. The van der Waals surface area contributed by atoms with E-state index in [2.05, 4.69) is 21.6 Å². The van der Waals surface area contributed by atoms with Crippen LogP contribution >= 0.6 is 11.8 Å². The summed E-state index contributed by atoms with van der Waals surface area (Å²) in [5.41, 5.74) is 3.91. The monoisotopic (exact) mass is 448 g/mol. The van der Waals surface area contributed by atoms with Crippen molar-refractivity contribution < 1.29 is 13.9 Å². The lowest BCUT2D eigenvalue weighted by molar-refractivity contribution is -0.113. The van der Waals surface area contributed by atoms with Gasteiger partial charge in [0.2, 0.25) is 5.91 Å². The molecule has 164 valence electrons. The second kappa shape index (κ2) is 9.74. The molecule has 0 aliphatic heterocycles. The molecule has 7 nitrogen and oxygen atoms in total. The number of rotatable bonds is 8. The standard InChI is InChI=1S/C24H24N4O3S/c1-16-11-17(2)13-19(12-16)25-22(29)15-32-24-27-26-23(18-6-8-20(30-3)9-7-18)28(24)14-21-5-4-10-31-21/h4-13H,14-15H2,1-3H3,(H,25,29). The number of benzene rings is 2. The molecule has 0 radical (unpaired) electrons. The summed E-state index contributed by atoms with van der Waals surface area (Å²) in [7, 11) is 1.63. The van der Waals surface area contributed by atoms with Crippen molar-refractivity contribution in [1.29, 1.82) is 0 Å². The second-order valence-electron chi connectivity index (χ2n) is 7.41. The Morgan fingerprint density at radius 1 is 1.09 bits per heavy atom. The summed E-state index contributed by atoms with van der Waals surface area (Å²) in [6.45, 7) is 4.48. The normalized spacial score (nSPS) is 10.8. The van der Waals surface area contributed by atoms with Gasteiger partial charge in [-0.05, 0) is 73.5 Å². The van der Waals surface area contributed by atoms with Gasteiger partial charge in [-0.25, -0.2) is 0 Å². The van der Waals surface area contributed by atoms with Gasteiger partial charge in [-0.15, -0.1) is 10.2 Å². The molecule has 0 unspecified atom stereocenters. The summed E-state index contributed by atoms with van der Waals surface area (Å²) in [5.74, 6) is 2.36. The fourth-order valence-corrected chi connectivity index (χ4v) is 4.16. The number of aryl methyl sites for hydroxylation is 2. The average molecular weight is 449 g/mol. The van der Waals surface area contributed by atoms with Crippen LogP contribution in [0.25, 0.3) is 11.4 Å². The third-order valence-corrected chi connectivity index (χ3v) is 5.76. The van der Waals surface area contributed by atoms with Gasteiger partial charge in [-0.2, -0.15) is 0 Å². The molecular formula is C24H24N4O3S. The molecule has 32 heavy (non-hydrogen) atoms. The zero-order valence-electron chi connectivity index (χ0n) is 18.2. The first-order valence-electron chi connectivity index (χ1n) is 10.1. The van der Waals surface area contributed by atoms with E-state index in [1.807, 2.05) is 66.9 Å². The molecule has 1 amide bonds. The average Bonchev–Trinajstić information content (AvgIpc) is 3.42. The fourth-order valence-electron chi connectivity index (χ4n) is 3.42. The Hall–Kier alpha value is -3.52. The number of nitrogens with one attached hydrogen (secondary N) is 1. The number of aromatic nitrogens is 3. The van der Waals surface area contributed by atoms with Crippen molar-refractivity contribution in [2.45, 2.75) is 25.5 Å². The molecular weight excluding hydrogens is 424 g/mol. The molecule has 2 heterocycles. The SMILES string of the molecule is COc1ccc(-c2nnc(SCC(=O)Nc3cc(C)cc(C)c3)n2Cc2ccco2)cc1. The van der Waals surface area contributed by atoms with Gasteiger partial charge in [0.15, 0.2) is 11.0 Å². The minimum atomic E-state index is -0.0986. The van der Waals surface area contributed by atoms with E-state index in [4.69, 9.17) is 9.15 Å². The van der Waals surface area contributed by atoms with Gasteiger partial charge in [-0.3, -0.25) is 9.36 Å². The maximum absolute atomic E-state index is 12.6. The van der Waals surface area contributed by atoms with Crippen LogP contribution in [0.5, 0.6) is 5.75 Å².